The molecule has 2 rings (SSSR count). The fraction of sp³-hybridized carbons (Fsp3) is 0.667. The number of aromatic nitrogens is 2. The third-order valence-corrected chi connectivity index (χ3v) is 3.44. The van der Waals surface area contributed by atoms with Gasteiger partial charge in [0.05, 0.1) is 13.2 Å². The number of carbonyl (C=O) groups is 1. The van der Waals surface area contributed by atoms with E-state index in [0.29, 0.717) is 23.9 Å². The highest BCUT2D eigenvalue weighted by molar-refractivity contribution is 5.92. The maximum absolute atomic E-state index is 12.0. The van der Waals surface area contributed by atoms with Gasteiger partial charge >= 0.3 is 0 Å². The topological polar surface area (TPSA) is 79.4 Å². The van der Waals surface area contributed by atoms with Crippen molar-refractivity contribution in [3.63, 3.8) is 0 Å². The standard InChI is InChI=1S/C15H25N5O2/c1-3-4-17-15(21)13-11-14(19-12(2)18-13)16-5-6-20-7-9-22-10-8-20/h11H,3-10H2,1-2H3,(H,17,21)(H,16,18,19). The van der Waals surface area contributed by atoms with Crippen LogP contribution in [0.3, 0.4) is 0 Å². The van der Waals surface area contributed by atoms with Gasteiger partial charge in [0.2, 0.25) is 0 Å². The molecule has 0 aliphatic carbocycles. The van der Waals surface area contributed by atoms with E-state index < -0.39 is 0 Å². The van der Waals surface area contributed by atoms with Crippen LogP contribution >= 0.6 is 0 Å². The SMILES string of the molecule is CCCNC(=O)c1cc(NCCN2CCOCC2)nc(C)n1. The number of nitrogens with zero attached hydrogens (tertiary/aromatic N) is 3. The summed E-state index contributed by atoms with van der Waals surface area (Å²) in [5, 5.41) is 6.10. The van der Waals surface area contributed by atoms with Crippen molar-refractivity contribution in [2.24, 2.45) is 0 Å². The third-order valence-electron chi connectivity index (χ3n) is 3.44. The lowest BCUT2D eigenvalue weighted by Gasteiger charge is -2.26. The molecule has 1 aliphatic heterocycles. The van der Waals surface area contributed by atoms with Crippen molar-refractivity contribution in [1.29, 1.82) is 0 Å². The molecular weight excluding hydrogens is 282 g/mol. The fourth-order valence-electron chi connectivity index (χ4n) is 2.27. The van der Waals surface area contributed by atoms with Gasteiger partial charge in [-0.25, -0.2) is 9.97 Å². The van der Waals surface area contributed by atoms with Gasteiger partial charge in [0.25, 0.3) is 5.91 Å². The molecule has 0 saturated carbocycles. The summed E-state index contributed by atoms with van der Waals surface area (Å²) in [7, 11) is 0. The molecule has 0 aromatic carbocycles. The number of hydrogen-bond acceptors (Lipinski definition) is 6. The van der Waals surface area contributed by atoms with Crippen LogP contribution in [0.1, 0.15) is 29.7 Å². The third kappa shape index (κ3) is 5.23. The molecule has 7 nitrogen and oxygen atoms in total. The Hall–Kier alpha value is -1.73. The zero-order valence-corrected chi connectivity index (χ0v) is 13.4. The predicted octanol–water partition coefficient (Wildman–Crippen LogP) is 0.669. The highest BCUT2D eigenvalue weighted by Gasteiger charge is 2.11. The number of anilines is 1. The smallest absolute Gasteiger partial charge is 0.270 e. The highest BCUT2D eigenvalue weighted by Crippen LogP contribution is 2.07. The Morgan fingerprint density at radius 2 is 2.09 bits per heavy atom. The van der Waals surface area contributed by atoms with Crippen molar-refractivity contribution in [3.8, 4) is 0 Å². The average Bonchev–Trinajstić information content (AvgIpc) is 2.53. The summed E-state index contributed by atoms with van der Waals surface area (Å²) < 4.78 is 5.33. The number of rotatable bonds is 7. The first-order chi connectivity index (χ1) is 10.7. The van der Waals surface area contributed by atoms with Crippen molar-refractivity contribution in [3.05, 3.63) is 17.6 Å². The Kier molecular flexibility index (Phi) is 6.54. The van der Waals surface area contributed by atoms with Gasteiger partial charge in [0.15, 0.2) is 0 Å². The molecule has 1 aliphatic rings. The number of morpholine rings is 1. The van der Waals surface area contributed by atoms with Crippen molar-refractivity contribution in [1.82, 2.24) is 20.2 Å². The maximum Gasteiger partial charge on any atom is 0.270 e. The van der Waals surface area contributed by atoms with Crippen LogP contribution in [-0.2, 0) is 4.74 Å². The quantitative estimate of drug-likeness (QED) is 0.771. The Labute approximate surface area is 131 Å². The Bertz CT molecular complexity index is 489. The Morgan fingerprint density at radius 3 is 2.82 bits per heavy atom. The first-order valence-corrected chi connectivity index (χ1v) is 7.87. The van der Waals surface area contributed by atoms with E-state index in [0.717, 1.165) is 45.8 Å². The van der Waals surface area contributed by atoms with E-state index in [4.69, 9.17) is 4.74 Å². The zero-order chi connectivity index (χ0) is 15.8. The van der Waals surface area contributed by atoms with Crippen molar-refractivity contribution in [2.75, 3.05) is 51.3 Å². The molecule has 122 valence electrons. The maximum atomic E-state index is 12.0. The second-order valence-corrected chi connectivity index (χ2v) is 5.32. The van der Waals surface area contributed by atoms with Crippen LogP contribution in [0.25, 0.3) is 0 Å². The molecule has 0 radical (unpaired) electrons. The number of amides is 1. The number of carbonyl (C=O) groups excluding carboxylic acids is 1. The normalized spacial score (nSPS) is 15.5. The monoisotopic (exact) mass is 307 g/mol. The second-order valence-electron chi connectivity index (χ2n) is 5.32. The number of nitrogens with one attached hydrogen (secondary N) is 2. The molecule has 7 heteroatoms. The minimum Gasteiger partial charge on any atom is -0.379 e. The second kappa shape index (κ2) is 8.65. The average molecular weight is 307 g/mol. The Balaban J connectivity index is 1.87. The van der Waals surface area contributed by atoms with Crippen LogP contribution in [0.15, 0.2) is 6.07 Å². The van der Waals surface area contributed by atoms with Crippen LogP contribution < -0.4 is 10.6 Å². The van der Waals surface area contributed by atoms with E-state index >= 15 is 0 Å². The van der Waals surface area contributed by atoms with Crippen LogP contribution in [-0.4, -0.2) is 66.7 Å². The van der Waals surface area contributed by atoms with Crippen LogP contribution in [0, 0.1) is 6.92 Å². The van der Waals surface area contributed by atoms with Crippen molar-refractivity contribution in [2.45, 2.75) is 20.3 Å². The van der Waals surface area contributed by atoms with Gasteiger partial charge in [-0.2, -0.15) is 0 Å². The Morgan fingerprint density at radius 1 is 1.32 bits per heavy atom. The van der Waals surface area contributed by atoms with E-state index in [2.05, 4.69) is 25.5 Å². The highest BCUT2D eigenvalue weighted by atomic mass is 16.5. The summed E-state index contributed by atoms with van der Waals surface area (Å²) in [6.07, 6.45) is 0.903. The van der Waals surface area contributed by atoms with Gasteiger partial charge in [-0.15, -0.1) is 0 Å². The minimum atomic E-state index is -0.149. The molecule has 1 fully saturated rings. The van der Waals surface area contributed by atoms with Crippen molar-refractivity contribution >= 4 is 11.7 Å². The lowest BCUT2D eigenvalue weighted by molar-refractivity contribution is 0.0398. The largest absolute Gasteiger partial charge is 0.379 e. The summed E-state index contributed by atoms with van der Waals surface area (Å²) in [6, 6.07) is 1.71. The lowest BCUT2D eigenvalue weighted by Crippen LogP contribution is -2.39. The van der Waals surface area contributed by atoms with Gasteiger partial charge in [0.1, 0.15) is 17.3 Å². The van der Waals surface area contributed by atoms with E-state index in [1.807, 2.05) is 6.92 Å². The van der Waals surface area contributed by atoms with Crippen molar-refractivity contribution < 1.29 is 9.53 Å². The molecule has 1 amide bonds. The molecule has 1 aromatic rings. The molecule has 0 bridgehead atoms. The molecule has 0 atom stereocenters. The van der Waals surface area contributed by atoms with Crippen LogP contribution in [0.2, 0.25) is 0 Å². The van der Waals surface area contributed by atoms with Crippen LogP contribution in [0.5, 0.6) is 0 Å². The molecule has 2 heterocycles. The van der Waals surface area contributed by atoms with Gasteiger partial charge in [-0.05, 0) is 13.3 Å². The van der Waals surface area contributed by atoms with Crippen LogP contribution in [0.4, 0.5) is 5.82 Å². The van der Waals surface area contributed by atoms with E-state index in [1.165, 1.54) is 0 Å². The molecule has 2 N–H and O–H groups in total. The molecule has 0 spiro atoms. The van der Waals surface area contributed by atoms with Gasteiger partial charge < -0.3 is 15.4 Å². The summed E-state index contributed by atoms with van der Waals surface area (Å²) in [4.78, 5) is 22.9. The van der Waals surface area contributed by atoms with Gasteiger partial charge in [-0.3, -0.25) is 9.69 Å². The van der Waals surface area contributed by atoms with E-state index in [-0.39, 0.29) is 5.91 Å². The number of aryl methyl sites for hydroxylation is 1. The zero-order valence-electron chi connectivity index (χ0n) is 13.4. The first-order valence-electron chi connectivity index (χ1n) is 7.87. The number of ether oxygens (including phenoxy) is 1. The summed E-state index contributed by atoms with van der Waals surface area (Å²) in [5.74, 6) is 1.14. The molecule has 22 heavy (non-hydrogen) atoms. The van der Waals surface area contributed by atoms with E-state index in [9.17, 15) is 4.79 Å². The summed E-state index contributed by atoms with van der Waals surface area (Å²) in [6.45, 7) is 9.72. The molecule has 1 aromatic heterocycles. The fourth-order valence-corrected chi connectivity index (χ4v) is 2.27. The predicted molar refractivity (Wildman–Crippen MR) is 85.1 cm³/mol. The summed E-state index contributed by atoms with van der Waals surface area (Å²) in [5.41, 5.74) is 0.412. The summed E-state index contributed by atoms with van der Waals surface area (Å²) >= 11 is 0. The first kappa shape index (κ1) is 16.6. The van der Waals surface area contributed by atoms with Gasteiger partial charge in [0, 0.05) is 38.8 Å². The molecule has 1 saturated heterocycles. The van der Waals surface area contributed by atoms with E-state index in [1.54, 1.807) is 13.0 Å². The minimum absolute atomic E-state index is 0.149. The molecular formula is C15H25N5O2. The lowest BCUT2D eigenvalue weighted by atomic mass is 10.3. The van der Waals surface area contributed by atoms with Gasteiger partial charge in [-0.1, -0.05) is 6.92 Å². The number of hydrogen-bond donors (Lipinski definition) is 2. The molecule has 0 unspecified atom stereocenters.